The number of carbonyl (C=O) groups is 2. The predicted molar refractivity (Wildman–Crippen MR) is 79.6 cm³/mol. The minimum Gasteiger partial charge on any atom is -0.444 e. The van der Waals surface area contributed by atoms with Gasteiger partial charge >= 0.3 is 6.09 Å². The van der Waals surface area contributed by atoms with Crippen molar-refractivity contribution >= 4 is 11.9 Å². The number of piperidine rings is 1. The first-order valence-corrected chi connectivity index (χ1v) is 7.66. The predicted octanol–water partition coefficient (Wildman–Crippen LogP) is 3.78. The van der Waals surface area contributed by atoms with Gasteiger partial charge in [0.15, 0.2) is 0 Å². The summed E-state index contributed by atoms with van der Waals surface area (Å²) in [5.41, 5.74) is -0.499. The number of hydrogen-bond donors (Lipinski definition) is 0. The third-order valence-corrected chi connectivity index (χ3v) is 3.71. The van der Waals surface area contributed by atoms with Gasteiger partial charge in [-0.05, 0) is 47.0 Å². The Bertz CT molecular complexity index is 357. The molecule has 0 aromatic heterocycles. The van der Waals surface area contributed by atoms with E-state index < -0.39 is 5.60 Å². The van der Waals surface area contributed by atoms with Crippen LogP contribution in [0.3, 0.4) is 0 Å². The average molecular weight is 283 g/mol. The average Bonchev–Trinajstić information content (AvgIpc) is 2.26. The van der Waals surface area contributed by atoms with Crippen molar-refractivity contribution in [2.24, 2.45) is 5.92 Å². The molecule has 4 heteroatoms. The number of nitrogens with zero attached hydrogens (tertiary/aromatic N) is 1. The topological polar surface area (TPSA) is 46.6 Å². The third-order valence-electron chi connectivity index (χ3n) is 3.71. The van der Waals surface area contributed by atoms with E-state index in [2.05, 4.69) is 0 Å². The summed E-state index contributed by atoms with van der Waals surface area (Å²) in [5.74, 6) is 0.241. The second-order valence-electron chi connectivity index (χ2n) is 7.15. The zero-order valence-corrected chi connectivity index (χ0v) is 13.7. The summed E-state index contributed by atoms with van der Waals surface area (Å²) < 4.78 is 5.50. The van der Waals surface area contributed by atoms with Crippen molar-refractivity contribution in [2.75, 3.05) is 0 Å². The lowest BCUT2D eigenvalue weighted by Crippen LogP contribution is -2.51. The van der Waals surface area contributed by atoms with Crippen LogP contribution < -0.4 is 0 Å². The number of likely N-dealkylation sites (tertiary alicyclic amines) is 1. The maximum absolute atomic E-state index is 12.4. The van der Waals surface area contributed by atoms with E-state index >= 15 is 0 Å². The van der Waals surface area contributed by atoms with Crippen molar-refractivity contribution in [1.29, 1.82) is 0 Å². The Kier molecular flexibility index (Phi) is 5.60. The largest absolute Gasteiger partial charge is 0.444 e. The van der Waals surface area contributed by atoms with Gasteiger partial charge in [-0.15, -0.1) is 0 Å². The highest BCUT2D eigenvalue weighted by molar-refractivity contribution is 5.81. The molecule has 1 saturated heterocycles. The highest BCUT2D eigenvalue weighted by Crippen LogP contribution is 2.27. The van der Waals surface area contributed by atoms with Crippen molar-refractivity contribution in [3.8, 4) is 0 Å². The SMILES string of the molecule is CC(C)C(=O)CC1CCCC(C)N1C(=O)OC(C)(C)C. The van der Waals surface area contributed by atoms with Gasteiger partial charge in [-0.2, -0.15) is 0 Å². The zero-order valence-electron chi connectivity index (χ0n) is 13.7. The molecule has 1 aliphatic rings. The monoisotopic (exact) mass is 283 g/mol. The lowest BCUT2D eigenvalue weighted by molar-refractivity contribution is -0.123. The molecule has 0 aliphatic carbocycles. The molecule has 0 aromatic carbocycles. The first-order valence-electron chi connectivity index (χ1n) is 7.66. The summed E-state index contributed by atoms with van der Waals surface area (Å²) in [6.07, 6.45) is 3.09. The lowest BCUT2D eigenvalue weighted by Gasteiger charge is -2.41. The van der Waals surface area contributed by atoms with Crippen molar-refractivity contribution in [3.05, 3.63) is 0 Å². The van der Waals surface area contributed by atoms with Crippen LogP contribution in [0.1, 0.15) is 67.2 Å². The van der Waals surface area contributed by atoms with Crippen LogP contribution in [0.15, 0.2) is 0 Å². The van der Waals surface area contributed by atoms with E-state index in [0.717, 1.165) is 19.3 Å². The minimum absolute atomic E-state index is 0.0106. The standard InChI is InChI=1S/C16H29NO3/c1-11(2)14(18)10-13-9-7-8-12(3)17(13)15(19)20-16(4,5)6/h11-13H,7-10H2,1-6H3. The van der Waals surface area contributed by atoms with Gasteiger partial charge in [0.2, 0.25) is 0 Å². The van der Waals surface area contributed by atoms with E-state index in [1.165, 1.54) is 0 Å². The molecule has 0 aromatic rings. The summed E-state index contributed by atoms with van der Waals surface area (Å²) in [6, 6.07) is 0.132. The Hall–Kier alpha value is -1.06. The fourth-order valence-electron chi connectivity index (χ4n) is 2.60. The Morgan fingerprint density at radius 1 is 1.25 bits per heavy atom. The summed E-state index contributed by atoms with van der Waals surface area (Å²) >= 11 is 0. The fraction of sp³-hybridized carbons (Fsp3) is 0.875. The number of ether oxygens (including phenoxy) is 1. The summed E-state index contributed by atoms with van der Waals surface area (Å²) in [4.78, 5) is 26.2. The van der Waals surface area contributed by atoms with Crippen molar-refractivity contribution in [2.45, 2.75) is 84.9 Å². The smallest absolute Gasteiger partial charge is 0.410 e. The van der Waals surface area contributed by atoms with Crippen LogP contribution in [0, 0.1) is 5.92 Å². The maximum atomic E-state index is 12.4. The second-order valence-corrected chi connectivity index (χ2v) is 7.15. The Balaban J connectivity index is 2.80. The van der Waals surface area contributed by atoms with E-state index in [1.54, 1.807) is 4.90 Å². The number of amides is 1. The van der Waals surface area contributed by atoms with Gasteiger partial charge in [0, 0.05) is 24.4 Å². The molecule has 0 saturated carbocycles. The quantitative estimate of drug-likeness (QED) is 0.792. The molecule has 0 radical (unpaired) electrons. The molecule has 4 nitrogen and oxygen atoms in total. The van der Waals surface area contributed by atoms with Crippen LogP contribution in [-0.2, 0) is 9.53 Å². The van der Waals surface area contributed by atoms with Crippen LogP contribution in [0.5, 0.6) is 0 Å². The molecule has 20 heavy (non-hydrogen) atoms. The molecule has 1 heterocycles. The number of ketones is 1. The van der Waals surface area contributed by atoms with Gasteiger partial charge in [-0.25, -0.2) is 4.79 Å². The van der Waals surface area contributed by atoms with Crippen molar-refractivity contribution in [1.82, 2.24) is 4.90 Å². The molecule has 2 unspecified atom stereocenters. The summed E-state index contributed by atoms with van der Waals surface area (Å²) in [5, 5.41) is 0. The van der Waals surface area contributed by atoms with Crippen LogP contribution in [0.2, 0.25) is 0 Å². The first kappa shape index (κ1) is 17.0. The number of rotatable bonds is 3. The molecule has 116 valence electrons. The number of hydrogen-bond acceptors (Lipinski definition) is 3. The van der Waals surface area contributed by atoms with Gasteiger partial charge in [0.05, 0.1) is 0 Å². The molecular weight excluding hydrogens is 254 g/mol. The second kappa shape index (κ2) is 6.59. The van der Waals surface area contributed by atoms with E-state index in [4.69, 9.17) is 4.74 Å². The lowest BCUT2D eigenvalue weighted by atomic mass is 9.91. The minimum atomic E-state index is -0.499. The molecular formula is C16H29NO3. The number of Topliss-reactive ketones (excluding diaryl/α,β-unsaturated/α-hetero) is 1. The van der Waals surface area contributed by atoms with Gasteiger partial charge < -0.3 is 9.64 Å². The van der Waals surface area contributed by atoms with Crippen molar-refractivity contribution < 1.29 is 14.3 Å². The summed E-state index contributed by atoms with van der Waals surface area (Å²) in [7, 11) is 0. The highest BCUT2D eigenvalue weighted by Gasteiger charge is 2.35. The molecule has 2 atom stereocenters. The summed E-state index contributed by atoms with van der Waals surface area (Å²) in [6.45, 7) is 11.5. The van der Waals surface area contributed by atoms with Crippen LogP contribution >= 0.6 is 0 Å². The molecule has 0 spiro atoms. The highest BCUT2D eigenvalue weighted by atomic mass is 16.6. The van der Waals surface area contributed by atoms with Gasteiger partial charge in [-0.3, -0.25) is 4.79 Å². The first-order chi connectivity index (χ1) is 9.11. The molecule has 1 aliphatic heterocycles. The van der Waals surface area contributed by atoms with Gasteiger partial charge in [-0.1, -0.05) is 13.8 Å². The Labute approximate surface area is 122 Å². The zero-order chi connectivity index (χ0) is 15.5. The Morgan fingerprint density at radius 3 is 2.35 bits per heavy atom. The molecule has 0 bridgehead atoms. The molecule has 1 rings (SSSR count). The van der Waals surface area contributed by atoms with Gasteiger partial charge in [0.25, 0.3) is 0 Å². The molecule has 0 N–H and O–H groups in total. The fourth-order valence-corrected chi connectivity index (χ4v) is 2.60. The van der Waals surface area contributed by atoms with Crippen LogP contribution in [-0.4, -0.2) is 34.5 Å². The van der Waals surface area contributed by atoms with E-state index in [-0.39, 0.29) is 29.9 Å². The van der Waals surface area contributed by atoms with Crippen LogP contribution in [0.25, 0.3) is 0 Å². The number of carbonyl (C=O) groups excluding carboxylic acids is 2. The Morgan fingerprint density at radius 2 is 1.85 bits per heavy atom. The van der Waals surface area contributed by atoms with Gasteiger partial charge in [0.1, 0.15) is 11.4 Å². The molecule has 1 amide bonds. The normalized spacial score (nSPS) is 23.9. The van der Waals surface area contributed by atoms with E-state index in [1.807, 2.05) is 41.5 Å². The molecule has 1 fully saturated rings. The van der Waals surface area contributed by atoms with E-state index in [0.29, 0.717) is 6.42 Å². The van der Waals surface area contributed by atoms with Crippen molar-refractivity contribution in [3.63, 3.8) is 0 Å². The van der Waals surface area contributed by atoms with Crippen LogP contribution in [0.4, 0.5) is 4.79 Å². The third kappa shape index (κ3) is 4.80. The maximum Gasteiger partial charge on any atom is 0.410 e. The van der Waals surface area contributed by atoms with E-state index in [9.17, 15) is 9.59 Å².